The summed E-state index contributed by atoms with van der Waals surface area (Å²) in [5, 5.41) is 0.921. The van der Waals surface area contributed by atoms with E-state index in [-0.39, 0.29) is 18.4 Å². The zero-order chi connectivity index (χ0) is 15.8. The largest absolute Gasteiger partial charge is 0.467 e. The average molecular weight is 306 g/mol. The van der Waals surface area contributed by atoms with Gasteiger partial charge in [-0.3, -0.25) is 4.79 Å². The van der Waals surface area contributed by atoms with E-state index in [0.717, 1.165) is 17.2 Å². The van der Waals surface area contributed by atoms with Crippen LogP contribution in [0.4, 0.5) is 0 Å². The third-order valence-electron chi connectivity index (χ3n) is 4.16. The molecule has 0 radical (unpaired) electrons. The summed E-state index contributed by atoms with van der Waals surface area (Å²) in [4.78, 5) is 30.2. The fourth-order valence-corrected chi connectivity index (χ4v) is 3.08. The second kappa shape index (κ2) is 5.35. The molecule has 5 heteroatoms. The first-order valence-electron chi connectivity index (χ1n) is 7.44. The lowest BCUT2D eigenvalue weighted by Crippen LogP contribution is -2.27. The summed E-state index contributed by atoms with van der Waals surface area (Å²) in [6, 6.07) is 12.8. The molecular formula is C18H14N2O3. The van der Waals surface area contributed by atoms with Crippen molar-refractivity contribution in [2.75, 3.05) is 0 Å². The van der Waals surface area contributed by atoms with Gasteiger partial charge in [0.15, 0.2) is 0 Å². The highest BCUT2D eigenvalue weighted by Crippen LogP contribution is 2.36. The van der Waals surface area contributed by atoms with Crippen LogP contribution in [0.1, 0.15) is 34.3 Å². The number of hydrogen-bond acceptors (Lipinski definition) is 4. The lowest BCUT2D eigenvalue weighted by molar-refractivity contribution is -0.108. The van der Waals surface area contributed by atoms with Crippen molar-refractivity contribution in [3.05, 3.63) is 65.7 Å². The number of furan rings is 1. The van der Waals surface area contributed by atoms with E-state index in [9.17, 15) is 9.59 Å². The predicted molar refractivity (Wildman–Crippen MR) is 83.7 cm³/mol. The molecule has 2 aromatic heterocycles. The molecule has 0 aliphatic carbocycles. The van der Waals surface area contributed by atoms with E-state index in [1.165, 1.54) is 0 Å². The number of pyridine rings is 1. The van der Waals surface area contributed by atoms with Crippen LogP contribution in [0.15, 0.2) is 53.1 Å². The number of nitrogens with zero attached hydrogens (tertiary/aromatic N) is 2. The average Bonchev–Trinajstić information content (AvgIpc) is 3.16. The van der Waals surface area contributed by atoms with Gasteiger partial charge in [0.1, 0.15) is 12.0 Å². The molecule has 3 heterocycles. The van der Waals surface area contributed by atoms with E-state index in [2.05, 4.69) is 4.98 Å². The molecule has 1 aliphatic rings. The number of benzene rings is 1. The maximum atomic E-state index is 12.8. The number of fused-ring (bicyclic) bond motifs is 2. The Morgan fingerprint density at radius 3 is 2.87 bits per heavy atom. The topological polar surface area (TPSA) is 63.4 Å². The Kier molecular flexibility index (Phi) is 3.19. The van der Waals surface area contributed by atoms with Gasteiger partial charge >= 0.3 is 0 Å². The van der Waals surface area contributed by atoms with Gasteiger partial charge in [0.2, 0.25) is 0 Å². The van der Waals surface area contributed by atoms with Crippen LogP contribution in [0.3, 0.4) is 0 Å². The highest BCUT2D eigenvalue weighted by atomic mass is 16.3. The number of carbonyl (C=O) groups excluding carboxylic acids is 2. The first kappa shape index (κ1) is 13.7. The Bertz CT molecular complexity index is 886. The number of hydrogen-bond donors (Lipinski definition) is 0. The molecule has 0 bridgehead atoms. The molecule has 0 saturated carbocycles. The van der Waals surface area contributed by atoms with Crippen LogP contribution in [0.2, 0.25) is 0 Å². The van der Waals surface area contributed by atoms with E-state index in [1.807, 2.05) is 36.4 Å². The van der Waals surface area contributed by atoms with Crippen molar-refractivity contribution < 1.29 is 14.0 Å². The smallest absolute Gasteiger partial charge is 0.256 e. The minimum Gasteiger partial charge on any atom is -0.467 e. The van der Waals surface area contributed by atoms with Gasteiger partial charge in [-0.15, -0.1) is 0 Å². The first-order valence-corrected chi connectivity index (χ1v) is 7.44. The van der Waals surface area contributed by atoms with Crippen molar-refractivity contribution in [2.24, 2.45) is 0 Å². The molecule has 4 rings (SSSR count). The maximum absolute atomic E-state index is 12.8. The highest BCUT2D eigenvalue weighted by Gasteiger charge is 2.38. The summed E-state index contributed by atoms with van der Waals surface area (Å²) in [5.41, 5.74) is 2.07. The molecule has 5 nitrogen and oxygen atoms in total. The molecule has 1 aliphatic heterocycles. The van der Waals surface area contributed by atoms with Gasteiger partial charge in [0.25, 0.3) is 5.91 Å². The molecule has 1 atom stereocenters. The van der Waals surface area contributed by atoms with Gasteiger partial charge in [0, 0.05) is 11.8 Å². The molecule has 1 unspecified atom stereocenters. The van der Waals surface area contributed by atoms with Crippen LogP contribution in [-0.2, 0) is 11.3 Å². The zero-order valence-corrected chi connectivity index (χ0v) is 12.3. The normalized spacial score (nSPS) is 16.8. The second-order valence-corrected chi connectivity index (χ2v) is 5.54. The Morgan fingerprint density at radius 1 is 1.22 bits per heavy atom. The quantitative estimate of drug-likeness (QED) is 0.695. The van der Waals surface area contributed by atoms with Crippen molar-refractivity contribution in [1.29, 1.82) is 0 Å². The highest BCUT2D eigenvalue weighted by molar-refractivity contribution is 6.01. The maximum Gasteiger partial charge on any atom is 0.256 e. The van der Waals surface area contributed by atoms with Gasteiger partial charge < -0.3 is 14.1 Å². The van der Waals surface area contributed by atoms with Crippen molar-refractivity contribution in [3.8, 4) is 0 Å². The van der Waals surface area contributed by atoms with Gasteiger partial charge in [-0.25, -0.2) is 4.98 Å². The van der Waals surface area contributed by atoms with Gasteiger partial charge in [-0.2, -0.15) is 0 Å². The molecule has 0 saturated heterocycles. The molecule has 0 fully saturated rings. The first-order chi connectivity index (χ1) is 11.3. The molecule has 3 aromatic rings. The summed E-state index contributed by atoms with van der Waals surface area (Å²) >= 11 is 0. The fourth-order valence-electron chi connectivity index (χ4n) is 3.08. The van der Waals surface area contributed by atoms with Crippen LogP contribution in [0.5, 0.6) is 0 Å². The Balaban J connectivity index is 1.81. The number of aromatic nitrogens is 1. The molecule has 1 amide bonds. The number of amides is 1. The van der Waals surface area contributed by atoms with Crippen molar-refractivity contribution in [1.82, 2.24) is 9.88 Å². The van der Waals surface area contributed by atoms with Gasteiger partial charge in [-0.05, 0) is 24.3 Å². The molecular weight excluding hydrogens is 292 g/mol. The Labute approximate surface area is 132 Å². The Hall–Kier alpha value is -2.95. The lowest BCUT2D eigenvalue weighted by atomic mass is 10.1. The Morgan fingerprint density at radius 2 is 2.09 bits per heavy atom. The summed E-state index contributed by atoms with van der Waals surface area (Å²) < 4.78 is 5.34. The van der Waals surface area contributed by atoms with Crippen LogP contribution in [-0.4, -0.2) is 22.1 Å². The van der Waals surface area contributed by atoms with Crippen LogP contribution < -0.4 is 0 Å². The van der Waals surface area contributed by atoms with Gasteiger partial charge in [-0.1, -0.05) is 18.2 Å². The number of aldehydes is 1. The van der Waals surface area contributed by atoms with E-state index in [1.54, 1.807) is 17.2 Å². The SMILES string of the molecule is O=CCC1c2nc3ccccc3cc2C(=O)N1Cc1ccco1. The minimum atomic E-state index is -0.343. The monoisotopic (exact) mass is 306 g/mol. The summed E-state index contributed by atoms with van der Waals surface area (Å²) in [5.74, 6) is 0.577. The van der Waals surface area contributed by atoms with Crippen LogP contribution in [0, 0.1) is 0 Å². The third-order valence-corrected chi connectivity index (χ3v) is 4.16. The summed E-state index contributed by atoms with van der Waals surface area (Å²) in [7, 11) is 0. The van der Waals surface area contributed by atoms with Crippen LogP contribution in [0.25, 0.3) is 10.9 Å². The fraction of sp³-hybridized carbons (Fsp3) is 0.167. The predicted octanol–water partition coefficient (Wildman–Crippen LogP) is 3.11. The summed E-state index contributed by atoms with van der Waals surface area (Å²) in [6.07, 6.45) is 2.63. The molecule has 1 aromatic carbocycles. The second-order valence-electron chi connectivity index (χ2n) is 5.54. The van der Waals surface area contributed by atoms with E-state index < -0.39 is 0 Å². The van der Waals surface area contributed by atoms with Gasteiger partial charge in [0.05, 0.1) is 35.6 Å². The zero-order valence-electron chi connectivity index (χ0n) is 12.3. The van der Waals surface area contributed by atoms with Crippen molar-refractivity contribution >= 4 is 23.1 Å². The number of para-hydroxylation sites is 1. The number of carbonyl (C=O) groups is 2. The molecule has 0 spiro atoms. The van der Waals surface area contributed by atoms with Crippen molar-refractivity contribution in [2.45, 2.75) is 19.0 Å². The third kappa shape index (κ3) is 2.21. The van der Waals surface area contributed by atoms with E-state index in [0.29, 0.717) is 23.6 Å². The number of rotatable bonds is 4. The van der Waals surface area contributed by atoms with E-state index in [4.69, 9.17) is 4.42 Å². The standard InChI is InChI=1S/C18H14N2O3/c21-8-7-16-17-14(10-12-4-1-2-6-15(12)19-17)18(22)20(16)11-13-5-3-9-23-13/h1-6,8-10,16H,7,11H2. The molecule has 0 N–H and O–H groups in total. The minimum absolute atomic E-state index is 0.110. The summed E-state index contributed by atoms with van der Waals surface area (Å²) in [6.45, 7) is 0.330. The van der Waals surface area contributed by atoms with E-state index >= 15 is 0 Å². The lowest BCUT2D eigenvalue weighted by Gasteiger charge is -2.22. The molecule has 23 heavy (non-hydrogen) atoms. The van der Waals surface area contributed by atoms with Crippen LogP contribution >= 0.6 is 0 Å². The molecule has 114 valence electrons. The van der Waals surface area contributed by atoms with Crippen molar-refractivity contribution in [3.63, 3.8) is 0 Å².